The fourth-order valence-electron chi connectivity index (χ4n) is 5.37. The molecule has 1 N–H and O–H groups in total. The molecule has 0 aliphatic carbocycles. The molecule has 4 heterocycles. The molecule has 8 rings (SSSR count). The summed E-state index contributed by atoms with van der Waals surface area (Å²) in [5.41, 5.74) is 5.46. The van der Waals surface area contributed by atoms with Gasteiger partial charge in [-0.3, -0.25) is 0 Å². The van der Waals surface area contributed by atoms with Crippen molar-refractivity contribution in [3.63, 3.8) is 0 Å². The average Bonchev–Trinajstić information content (AvgIpc) is 3.81. The van der Waals surface area contributed by atoms with Crippen LogP contribution in [0, 0.1) is 0 Å². The Morgan fingerprint density at radius 1 is 0.561 bits per heavy atom. The minimum Gasteiger partial charge on any atom is -0.390 e. The molecule has 0 unspecified atom stereocenters. The van der Waals surface area contributed by atoms with E-state index in [0.717, 1.165) is 36.2 Å². The number of thiophene rings is 2. The zero-order chi connectivity index (χ0) is 27.3. The molecule has 196 valence electrons. The Morgan fingerprint density at radius 2 is 1.10 bits per heavy atom. The molecular weight excluding hydrogens is 547 g/mol. The van der Waals surface area contributed by atoms with E-state index >= 15 is 0 Å². The predicted molar refractivity (Wildman–Crippen MR) is 168 cm³/mol. The molecule has 0 radical (unpaired) electrons. The first-order valence-electron chi connectivity index (χ1n) is 13.2. The van der Waals surface area contributed by atoms with Crippen molar-refractivity contribution in [2.75, 3.05) is 0 Å². The van der Waals surface area contributed by atoms with E-state index in [2.05, 4.69) is 120 Å². The van der Waals surface area contributed by atoms with Gasteiger partial charge >= 0.3 is 0 Å². The molecule has 0 spiro atoms. The highest BCUT2D eigenvalue weighted by Crippen LogP contribution is 2.43. The van der Waals surface area contributed by atoms with Crippen LogP contribution < -0.4 is 0 Å². The molecule has 8 aromatic rings. The second-order valence-electron chi connectivity index (χ2n) is 9.85. The van der Waals surface area contributed by atoms with Crippen LogP contribution in [0.4, 0.5) is 0 Å². The van der Waals surface area contributed by atoms with Crippen LogP contribution in [0.3, 0.4) is 0 Å². The fourth-order valence-corrected chi connectivity index (χ4v) is 7.43. The molecule has 0 fully saturated rings. The van der Waals surface area contributed by atoms with Gasteiger partial charge in [-0.15, -0.1) is 22.7 Å². The minimum atomic E-state index is -0.225. The van der Waals surface area contributed by atoms with Crippen molar-refractivity contribution in [3.05, 3.63) is 115 Å². The van der Waals surface area contributed by atoms with Gasteiger partial charge in [-0.2, -0.15) is 0 Å². The number of hydrogen-bond acceptors (Lipinski definition) is 7. The summed E-state index contributed by atoms with van der Waals surface area (Å²) in [7, 11) is 0. The van der Waals surface area contributed by atoms with Crippen molar-refractivity contribution in [1.82, 2.24) is 15.3 Å². The molecule has 0 bridgehead atoms. The van der Waals surface area contributed by atoms with Crippen molar-refractivity contribution < 1.29 is 9.74 Å². The summed E-state index contributed by atoms with van der Waals surface area (Å²) in [4.78, 5) is 9.08. The minimum absolute atomic E-state index is 0.225. The van der Waals surface area contributed by atoms with Crippen molar-refractivity contribution in [3.8, 4) is 41.9 Å². The molecule has 0 aliphatic rings. The first-order chi connectivity index (χ1) is 20.2. The van der Waals surface area contributed by atoms with Gasteiger partial charge in [0.05, 0.1) is 17.2 Å². The van der Waals surface area contributed by atoms with E-state index in [1.807, 2.05) is 0 Å². The molecule has 4 aromatic carbocycles. The number of nitrogens with zero attached hydrogens (tertiary/aromatic N) is 3. The second kappa shape index (κ2) is 9.74. The molecule has 0 saturated carbocycles. The zero-order valence-electron chi connectivity index (χ0n) is 21.6. The van der Waals surface area contributed by atoms with Crippen LogP contribution in [0.15, 0.2) is 114 Å². The van der Waals surface area contributed by atoms with E-state index in [4.69, 9.17) is 9.61 Å². The summed E-state index contributed by atoms with van der Waals surface area (Å²) in [6.45, 7) is -0.225. The molecule has 4 aromatic heterocycles. The lowest BCUT2D eigenvalue weighted by atomic mass is 10.1. The van der Waals surface area contributed by atoms with Crippen molar-refractivity contribution >= 4 is 55.3 Å². The number of fused-ring (bicyclic) bond motifs is 3. The van der Waals surface area contributed by atoms with Gasteiger partial charge in [0.25, 0.3) is 0 Å². The van der Waals surface area contributed by atoms with Crippen molar-refractivity contribution in [2.45, 2.75) is 6.61 Å². The highest BCUT2D eigenvalue weighted by Gasteiger charge is 2.23. The summed E-state index contributed by atoms with van der Waals surface area (Å²) in [6.07, 6.45) is 0. The zero-order valence-corrected chi connectivity index (χ0v) is 23.2. The molecule has 0 aliphatic heterocycles. The molecule has 7 heteroatoms. The molecule has 0 atom stereocenters. The maximum atomic E-state index is 10.4. The van der Waals surface area contributed by atoms with Crippen molar-refractivity contribution in [1.29, 1.82) is 0 Å². The van der Waals surface area contributed by atoms with Gasteiger partial charge in [0.1, 0.15) is 11.2 Å². The van der Waals surface area contributed by atoms with Crippen LogP contribution in [0.5, 0.6) is 0 Å². The number of aliphatic hydroxyl groups excluding tert-OH is 1. The molecule has 5 nitrogen and oxygen atoms in total. The normalized spacial score (nSPS) is 11.6. The fraction of sp³-hybridized carbons (Fsp3) is 0.0294. The Balaban J connectivity index is 1.20. The number of aliphatic hydroxyl groups is 1. The van der Waals surface area contributed by atoms with Crippen LogP contribution in [-0.2, 0) is 6.61 Å². The average molecular weight is 568 g/mol. The Hall–Kier alpha value is -4.69. The Bertz CT molecular complexity index is 2230. The Labute approximate surface area is 243 Å². The lowest BCUT2D eigenvalue weighted by Crippen LogP contribution is -1.97. The van der Waals surface area contributed by atoms with Crippen LogP contribution in [0.2, 0.25) is 0 Å². The third-order valence-electron chi connectivity index (χ3n) is 7.39. The van der Waals surface area contributed by atoms with Gasteiger partial charge in [-0.05, 0) is 79.4 Å². The van der Waals surface area contributed by atoms with Crippen molar-refractivity contribution in [2.24, 2.45) is 0 Å². The lowest BCUT2D eigenvalue weighted by Gasteiger charge is -2.08. The first kappa shape index (κ1) is 24.1. The standard InChI is InChI=1S/C34H21N3O2S2/c38-19-26-31(29-15-13-27(40-29)24-11-9-20-5-1-3-7-22(20)17-24)33-34(37-39-36-33)32(35-26)30-16-14-28(41-30)25-12-10-21-6-2-4-8-23(21)18-25/h1-18,38H,19H2. The van der Waals surface area contributed by atoms with Gasteiger partial charge in [0.15, 0.2) is 5.52 Å². The highest BCUT2D eigenvalue weighted by atomic mass is 32.1. The monoisotopic (exact) mass is 567 g/mol. The molecular formula is C34H21N3O2S2. The second-order valence-corrected chi connectivity index (χ2v) is 12.0. The SMILES string of the molecule is OCc1nc(-c2ccc(-c3ccc4ccccc4c3)s2)c2nonc2c1-c1ccc(-c2ccc3ccccc3c2)s1. The summed E-state index contributed by atoms with van der Waals surface area (Å²) >= 11 is 3.28. The van der Waals surface area contributed by atoms with Crippen LogP contribution in [0.1, 0.15) is 5.69 Å². The number of aromatic nitrogens is 3. The summed E-state index contributed by atoms with van der Waals surface area (Å²) in [6, 6.07) is 38.0. The van der Waals surface area contributed by atoms with E-state index in [1.54, 1.807) is 22.7 Å². The molecule has 41 heavy (non-hydrogen) atoms. The number of pyridine rings is 1. The summed E-state index contributed by atoms with van der Waals surface area (Å²) < 4.78 is 5.26. The van der Waals surface area contributed by atoms with Gasteiger partial charge < -0.3 is 5.11 Å². The number of rotatable bonds is 5. The van der Waals surface area contributed by atoms with Crippen LogP contribution >= 0.6 is 22.7 Å². The van der Waals surface area contributed by atoms with Crippen LogP contribution in [-0.4, -0.2) is 20.4 Å². The maximum Gasteiger partial charge on any atom is 0.163 e. The maximum absolute atomic E-state index is 10.4. The molecule has 0 amide bonds. The topological polar surface area (TPSA) is 72.0 Å². The highest BCUT2D eigenvalue weighted by molar-refractivity contribution is 7.19. The van der Waals surface area contributed by atoms with Gasteiger partial charge in [-0.25, -0.2) is 9.61 Å². The quantitative estimate of drug-likeness (QED) is 0.224. The lowest BCUT2D eigenvalue weighted by molar-refractivity contribution is 0.278. The van der Waals surface area contributed by atoms with Gasteiger partial charge in [0.2, 0.25) is 0 Å². The Morgan fingerprint density at radius 3 is 1.73 bits per heavy atom. The van der Waals surface area contributed by atoms with Gasteiger partial charge in [-0.1, -0.05) is 72.8 Å². The summed E-state index contributed by atoms with van der Waals surface area (Å²) in [5.74, 6) is 0. The number of hydrogen-bond donors (Lipinski definition) is 1. The Kier molecular flexibility index (Phi) is 5.74. The van der Waals surface area contributed by atoms with E-state index in [0.29, 0.717) is 22.4 Å². The first-order valence-corrected chi connectivity index (χ1v) is 14.8. The summed E-state index contributed by atoms with van der Waals surface area (Å²) in [5, 5.41) is 23.8. The van der Waals surface area contributed by atoms with E-state index < -0.39 is 0 Å². The van der Waals surface area contributed by atoms with E-state index in [-0.39, 0.29) is 6.61 Å². The molecule has 0 saturated heterocycles. The third kappa shape index (κ3) is 4.14. The third-order valence-corrected chi connectivity index (χ3v) is 9.69. The number of benzene rings is 4. The predicted octanol–water partition coefficient (Wildman–Crippen LogP) is 9.21. The van der Waals surface area contributed by atoms with Gasteiger partial charge in [0, 0.05) is 20.2 Å². The van der Waals surface area contributed by atoms with E-state index in [1.165, 1.54) is 21.5 Å². The largest absolute Gasteiger partial charge is 0.390 e. The smallest absolute Gasteiger partial charge is 0.163 e. The van der Waals surface area contributed by atoms with E-state index in [9.17, 15) is 5.11 Å². The van der Waals surface area contributed by atoms with Crippen LogP contribution in [0.25, 0.3) is 74.5 Å².